The third-order valence-corrected chi connectivity index (χ3v) is 2.59. The summed E-state index contributed by atoms with van der Waals surface area (Å²) in [4.78, 5) is 23.0. The van der Waals surface area contributed by atoms with E-state index in [9.17, 15) is 9.59 Å². The fourth-order valence-electron chi connectivity index (χ4n) is 1.90. The Morgan fingerprint density at radius 3 is 3.13 bits per heavy atom. The molecule has 0 radical (unpaired) electrons. The van der Waals surface area contributed by atoms with Crippen LogP contribution in [-0.2, 0) is 16.1 Å². The van der Waals surface area contributed by atoms with Crippen molar-refractivity contribution in [3.8, 4) is 0 Å². The van der Waals surface area contributed by atoms with E-state index in [0.717, 1.165) is 0 Å². The number of ketones is 1. The van der Waals surface area contributed by atoms with E-state index in [0.29, 0.717) is 18.8 Å². The molecule has 2 heterocycles. The summed E-state index contributed by atoms with van der Waals surface area (Å²) < 4.78 is 6.71. The number of nitrogens with zero attached hydrogens (tertiary/aromatic N) is 1. The maximum atomic E-state index is 11.8. The molecule has 1 unspecified atom stereocenters. The number of carbonyl (C=O) groups is 2. The lowest BCUT2D eigenvalue weighted by Crippen LogP contribution is -2.16. The second-order valence-corrected chi connectivity index (χ2v) is 3.62. The van der Waals surface area contributed by atoms with Crippen LogP contribution in [-0.4, -0.2) is 22.9 Å². The van der Waals surface area contributed by atoms with Crippen molar-refractivity contribution in [2.75, 3.05) is 6.61 Å². The van der Waals surface area contributed by atoms with E-state index in [1.54, 1.807) is 13.0 Å². The Hall–Kier alpha value is -1.58. The molecule has 1 aliphatic heterocycles. The second-order valence-electron chi connectivity index (χ2n) is 3.62. The number of hydrogen-bond donors (Lipinski definition) is 0. The van der Waals surface area contributed by atoms with E-state index in [1.807, 2.05) is 16.8 Å². The second kappa shape index (κ2) is 3.88. The number of Topliss-reactive ketones (excluding diaryl/α,β-unsaturated/α-hetero) is 1. The van der Waals surface area contributed by atoms with Crippen LogP contribution in [0, 0.1) is 5.92 Å². The fraction of sp³-hybridized carbons (Fsp3) is 0.455. The Bertz CT molecular complexity index is 394. The molecule has 0 bridgehead atoms. The normalized spacial score (nSPS) is 19.0. The van der Waals surface area contributed by atoms with Crippen LogP contribution in [0.1, 0.15) is 23.8 Å². The predicted molar refractivity (Wildman–Crippen MR) is 53.5 cm³/mol. The van der Waals surface area contributed by atoms with E-state index in [4.69, 9.17) is 4.74 Å². The summed E-state index contributed by atoms with van der Waals surface area (Å²) in [5.41, 5.74) is 0.698. The summed E-state index contributed by atoms with van der Waals surface area (Å²) in [6.45, 7) is 2.73. The zero-order valence-electron chi connectivity index (χ0n) is 8.60. The van der Waals surface area contributed by atoms with Gasteiger partial charge in [-0.3, -0.25) is 9.59 Å². The average Bonchev–Trinajstić information content (AvgIpc) is 2.72. The molecule has 0 saturated heterocycles. The molecule has 15 heavy (non-hydrogen) atoms. The van der Waals surface area contributed by atoms with E-state index < -0.39 is 0 Å². The number of hydrogen-bond acceptors (Lipinski definition) is 3. The zero-order chi connectivity index (χ0) is 10.8. The van der Waals surface area contributed by atoms with E-state index in [-0.39, 0.29) is 24.1 Å². The van der Waals surface area contributed by atoms with Gasteiger partial charge in [-0.25, -0.2) is 0 Å². The molecular formula is C11H13NO3. The van der Waals surface area contributed by atoms with Crippen molar-refractivity contribution in [3.05, 3.63) is 24.0 Å². The smallest absolute Gasteiger partial charge is 0.306 e. The highest BCUT2D eigenvalue weighted by Crippen LogP contribution is 2.23. The topological polar surface area (TPSA) is 48.3 Å². The largest absolute Gasteiger partial charge is 0.466 e. The Morgan fingerprint density at radius 1 is 1.67 bits per heavy atom. The molecule has 0 aromatic carbocycles. The van der Waals surface area contributed by atoms with Gasteiger partial charge in [-0.05, 0) is 19.1 Å². The number of esters is 1. The van der Waals surface area contributed by atoms with Gasteiger partial charge in [0.2, 0.25) is 0 Å². The summed E-state index contributed by atoms with van der Waals surface area (Å²) in [7, 11) is 0. The van der Waals surface area contributed by atoms with Gasteiger partial charge in [-0.2, -0.15) is 0 Å². The van der Waals surface area contributed by atoms with Crippen LogP contribution < -0.4 is 0 Å². The van der Waals surface area contributed by atoms with E-state index in [2.05, 4.69) is 0 Å². The molecule has 4 nitrogen and oxygen atoms in total. The lowest BCUT2D eigenvalue weighted by molar-refractivity contribution is -0.143. The Balaban J connectivity index is 2.01. The van der Waals surface area contributed by atoms with Crippen molar-refractivity contribution in [1.82, 2.24) is 4.57 Å². The van der Waals surface area contributed by atoms with Crippen LogP contribution in [0.2, 0.25) is 0 Å². The van der Waals surface area contributed by atoms with Gasteiger partial charge in [0, 0.05) is 12.7 Å². The molecule has 0 N–H and O–H groups in total. The lowest BCUT2D eigenvalue weighted by atomic mass is 10.0. The Morgan fingerprint density at radius 2 is 2.47 bits per heavy atom. The molecule has 2 rings (SSSR count). The van der Waals surface area contributed by atoms with Crippen LogP contribution >= 0.6 is 0 Å². The van der Waals surface area contributed by atoms with Crippen LogP contribution in [0.25, 0.3) is 0 Å². The van der Waals surface area contributed by atoms with Gasteiger partial charge >= 0.3 is 5.97 Å². The van der Waals surface area contributed by atoms with Crippen molar-refractivity contribution in [3.63, 3.8) is 0 Å². The van der Waals surface area contributed by atoms with Gasteiger partial charge in [0.05, 0.1) is 24.6 Å². The molecule has 1 aliphatic rings. The molecule has 0 fully saturated rings. The molecule has 0 spiro atoms. The van der Waals surface area contributed by atoms with Gasteiger partial charge in [0.15, 0.2) is 5.78 Å². The minimum absolute atomic E-state index is 0.0491. The van der Waals surface area contributed by atoms with Crippen molar-refractivity contribution in [2.45, 2.75) is 19.9 Å². The molecule has 80 valence electrons. The summed E-state index contributed by atoms with van der Waals surface area (Å²) in [6.07, 6.45) is 2.05. The van der Waals surface area contributed by atoms with Crippen LogP contribution in [0.5, 0.6) is 0 Å². The summed E-state index contributed by atoms with van der Waals surface area (Å²) in [5.74, 6) is -0.477. The summed E-state index contributed by atoms with van der Waals surface area (Å²) in [6, 6.07) is 3.63. The minimum atomic E-state index is -0.290. The third-order valence-electron chi connectivity index (χ3n) is 2.59. The molecule has 1 aromatic heterocycles. The molecule has 4 heteroatoms. The monoisotopic (exact) mass is 207 g/mol. The van der Waals surface area contributed by atoms with Crippen LogP contribution in [0.3, 0.4) is 0 Å². The van der Waals surface area contributed by atoms with E-state index >= 15 is 0 Å². The molecule has 1 atom stereocenters. The quantitative estimate of drug-likeness (QED) is 0.701. The highest BCUT2D eigenvalue weighted by Gasteiger charge is 2.31. The number of rotatable bonds is 3. The first-order valence-electron chi connectivity index (χ1n) is 5.07. The van der Waals surface area contributed by atoms with Crippen LogP contribution in [0.4, 0.5) is 0 Å². The molecule has 0 saturated carbocycles. The minimum Gasteiger partial charge on any atom is -0.466 e. The molecule has 0 amide bonds. The summed E-state index contributed by atoms with van der Waals surface area (Å²) in [5, 5.41) is 0. The van der Waals surface area contributed by atoms with Gasteiger partial charge in [-0.15, -0.1) is 0 Å². The third kappa shape index (κ3) is 1.79. The SMILES string of the molecule is CCOC(=O)CC1Cn2cccc2C1=O. The molecule has 1 aromatic rings. The van der Waals surface area contributed by atoms with Crippen molar-refractivity contribution >= 4 is 11.8 Å². The van der Waals surface area contributed by atoms with E-state index in [1.165, 1.54) is 0 Å². The Labute approximate surface area is 87.8 Å². The van der Waals surface area contributed by atoms with Gasteiger partial charge in [0.1, 0.15) is 0 Å². The number of carbonyl (C=O) groups excluding carboxylic acids is 2. The number of fused-ring (bicyclic) bond motifs is 1. The average molecular weight is 207 g/mol. The van der Waals surface area contributed by atoms with Gasteiger partial charge in [0.25, 0.3) is 0 Å². The van der Waals surface area contributed by atoms with Crippen LogP contribution in [0.15, 0.2) is 18.3 Å². The van der Waals surface area contributed by atoms with Crippen molar-refractivity contribution in [1.29, 1.82) is 0 Å². The Kier molecular flexibility index (Phi) is 2.58. The fourth-order valence-corrected chi connectivity index (χ4v) is 1.90. The standard InChI is InChI=1S/C11H13NO3/c1-2-15-10(13)6-8-7-12-5-3-4-9(12)11(8)14/h3-5,8H,2,6-7H2,1H3. The first-order valence-corrected chi connectivity index (χ1v) is 5.07. The number of ether oxygens (including phenoxy) is 1. The maximum Gasteiger partial charge on any atom is 0.306 e. The van der Waals surface area contributed by atoms with Gasteiger partial charge in [-0.1, -0.05) is 0 Å². The van der Waals surface area contributed by atoms with Gasteiger partial charge < -0.3 is 9.30 Å². The van der Waals surface area contributed by atoms with Crippen molar-refractivity contribution < 1.29 is 14.3 Å². The number of aromatic nitrogens is 1. The first kappa shape index (κ1) is 9.96. The first-order chi connectivity index (χ1) is 7.22. The lowest BCUT2D eigenvalue weighted by Gasteiger charge is -2.06. The molecular weight excluding hydrogens is 194 g/mol. The maximum absolute atomic E-state index is 11.8. The predicted octanol–water partition coefficient (Wildman–Crippen LogP) is 1.25. The highest BCUT2D eigenvalue weighted by atomic mass is 16.5. The molecule has 0 aliphatic carbocycles. The summed E-state index contributed by atoms with van der Waals surface area (Å²) >= 11 is 0. The zero-order valence-corrected chi connectivity index (χ0v) is 8.60. The highest BCUT2D eigenvalue weighted by molar-refractivity contribution is 5.99. The van der Waals surface area contributed by atoms with Crippen molar-refractivity contribution in [2.24, 2.45) is 5.92 Å².